The van der Waals surface area contributed by atoms with Gasteiger partial charge < -0.3 is 4.90 Å². The summed E-state index contributed by atoms with van der Waals surface area (Å²) in [6.07, 6.45) is 0. The van der Waals surface area contributed by atoms with Gasteiger partial charge in [-0.05, 0) is 42.8 Å². The van der Waals surface area contributed by atoms with Crippen LogP contribution < -0.4 is 0 Å². The first-order chi connectivity index (χ1) is 13.1. The van der Waals surface area contributed by atoms with Crippen molar-refractivity contribution in [1.82, 2.24) is 14.8 Å². The Morgan fingerprint density at radius 1 is 1.04 bits per heavy atom. The van der Waals surface area contributed by atoms with E-state index in [1.165, 1.54) is 11.1 Å². The Morgan fingerprint density at radius 2 is 1.85 bits per heavy atom. The first kappa shape index (κ1) is 18.0. The van der Waals surface area contributed by atoms with E-state index in [-0.39, 0.29) is 5.91 Å². The van der Waals surface area contributed by atoms with E-state index in [0.717, 1.165) is 43.6 Å². The SMILES string of the molecule is Cc1cccc(CN2CCN(C(=O)c3ccc4nc(Cl)ccc4c3)CC2)c1. The summed E-state index contributed by atoms with van der Waals surface area (Å²) in [6, 6.07) is 17.9. The van der Waals surface area contributed by atoms with E-state index < -0.39 is 0 Å². The zero-order valence-electron chi connectivity index (χ0n) is 15.4. The fourth-order valence-electron chi connectivity index (χ4n) is 3.59. The van der Waals surface area contributed by atoms with Crippen LogP contribution in [0.15, 0.2) is 54.6 Å². The molecule has 1 aromatic heterocycles. The van der Waals surface area contributed by atoms with Crippen LogP contribution in [0.25, 0.3) is 10.9 Å². The molecule has 4 rings (SSSR count). The van der Waals surface area contributed by atoms with Crippen LogP contribution in [-0.4, -0.2) is 46.9 Å². The van der Waals surface area contributed by atoms with Gasteiger partial charge in [0, 0.05) is 43.7 Å². The number of carbonyl (C=O) groups excluding carboxylic acids is 1. The molecule has 1 saturated heterocycles. The first-order valence-corrected chi connectivity index (χ1v) is 9.60. The number of nitrogens with zero attached hydrogens (tertiary/aromatic N) is 3. The molecule has 0 aliphatic carbocycles. The molecule has 1 aliphatic rings. The molecule has 4 nitrogen and oxygen atoms in total. The molecule has 5 heteroatoms. The zero-order chi connectivity index (χ0) is 18.8. The molecule has 0 N–H and O–H groups in total. The standard InChI is InChI=1S/C22H22ClN3O/c1-16-3-2-4-17(13-16)15-25-9-11-26(12-10-25)22(27)19-5-7-20-18(14-19)6-8-21(23)24-20/h2-8,13-14H,9-12,15H2,1H3. The summed E-state index contributed by atoms with van der Waals surface area (Å²) in [7, 11) is 0. The Hall–Kier alpha value is -2.43. The van der Waals surface area contributed by atoms with Crippen LogP contribution >= 0.6 is 11.6 Å². The van der Waals surface area contributed by atoms with Gasteiger partial charge in [0.25, 0.3) is 5.91 Å². The molecule has 1 amide bonds. The van der Waals surface area contributed by atoms with Crippen LogP contribution in [0.2, 0.25) is 5.15 Å². The number of rotatable bonds is 3. The fourth-order valence-corrected chi connectivity index (χ4v) is 3.75. The number of carbonyl (C=O) groups is 1. The molecule has 138 valence electrons. The summed E-state index contributed by atoms with van der Waals surface area (Å²) in [5, 5.41) is 1.40. The van der Waals surface area contributed by atoms with Crippen molar-refractivity contribution in [3.05, 3.63) is 76.4 Å². The number of benzene rings is 2. The number of aromatic nitrogens is 1. The minimum Gasteiger partial charge on any atom is -0.336 e. The first-order valence-electron chi connectivity index (χ1n) is 9.22. The van der Waals surface area contributed by atoms with E-state index in [2.05, 4.69) is 41.1 Å². The van der Waals surface area contributed by atoms with Crippen molar-refractivity contribution in [3.8, 4) is 0 Å². The molecule has 2 aromatic carbocycles. The summed E-state index contributed by atoms with van der Waals surface area (Å²) in [5.41, 5.74) is 4.13. The van der Waals surface area contributed by atoms with Gasteiger partial charge in [0.15, 0.2) is 0 Å². The van der Waals surface area contributed by atoms with Gasteiger partial charge in [-0.1, -0.05) is 41.4 Å². The van der Waals surface area contributed by atoms with Crippen molar-refractivity contribution in [3.63, 3.8) is 0 Å². The molecule has 0 spiro atoms. The van der Waals surface area contributed by atoms with Crippen LogP contribution in [0, 0.1) is 6.92 Å². The molecule has 1 aliphatic heterocycles. The van der Waals surface area contributed by atoms with Gasteiger partial charge in [-0.25, -0.2) is 4.98 Å². The van der Waals surface area contributed by atoms with Crippen LogP contribution in [0.5, 0.6) is 0 Å². The van der Waals surface area contributed by atoms with E-state index >= 15 is 0 Å². The summed E-state index contributed by atoms with van der Waals surface area (Å²) < 4.78 is 0. The molecule has 3 aromatic rings. The highest BCUT2D eigenvalue weighted by atomic mass is 35.5. The minimum atomic E-state index is 0.0852. The van der Waals surface area contributed by atoms with Crippen molar-refractivity contribution in [2.45, 2.75) is 13.5 Å². The largest absolute Gasteiger partial charge is 0.336 e. The number of hydrogen-bond acceptors (Lipinski definition) is 3. The van der Waals surface area contributed by atoms with E-state index in [9.17, 15) is 4.79 Å². The molecule has 27 heavy (non-hydrogen) atoms. The summed E-state index contributed by atoms with van der Waals surface area (Å²) in [4.78, 5) is 21.5. The van der Waals surface area contributed by atoms with Crippen LogP contribution in [0.3, 0.4) is 0 Å². The number of amides is 1. The Labute approximate surface area is 164 Å². The number of piperazine rings is 1. The minimum absolute atomic E-state index is 0.0852. The second-order valence-corrected chi connectivity index (χ2v) is 7.49. The van der Waals surface area contributed by atoms with Crippen molar-refractivity contribution in [2.75, 3.05) is 26.2 Å². The lowest BCUT2D eigenvalue weighted by Gasteiger charge is -2.35. The maximum absolute atomic E-state index is 12.9. The summed E-state index contributed by atoms with van der Waals surface area (Å²) in [5.74, 6) is 0.0852. The average molecular weight is 380 g/mol. The third-order valence-corrected chi connectivity index (χ3v) is 5.26. The normalized spacial score (nSPS) is 15.3. The molecule has 0 atom stereocenters. The van der Waals surface area contributed by atoms with Gasteiger partial charge in [0.1, 0.15) is 5.15 Å². The highest BCUT2D eigenvalue weighted by molar-refractivity contribution is 6.29. The Balaban J connectivity index is 1.40. The van der Waals surface area contributed by atoms with E-state index in [1.54, 1.807) is 6.07 Å². The second-order valence-electron chi connectivity index (χ2n) is 7.10. The highest BCUT2D eigenvalue weighted by Crippen LogP contribution is 2.19. The lowest BCUT2D eigenvalue weighted by molar-refractivity contribution is 0.0628. The van der Waals surface area contributed by atoms with Crippen LogP contribution in [0.4, 0.5) is 0 Å². The molecular formula is C22H22ClN3O. The zero-order valence-corrected chi connectivity index (χ0v) is 16.1. The predicted molar refractivity (Wildman–Crippen MR) is 109 cm³/mol. The lowest BCUT2D eigenvalue weighted by Crippen LogP contribution is -2.48. The van der Waals surface area contributed by atoms with Crippen LogP contribution in [-0.2, 0) is 6.54 Å². The maximum atomic E-state index is 12.9. The smallest absolute Gasteiger partial charge is 0.253 e. The predicted octanol–water partition coefficient (Wildman–Crippen LogP) is 4.15. The van der Waals surface area contributed by atoms with E-state index in [0.29, 0.717) is 10.7 Å². The maximum Gasteiger partial charge on any atom is 0.253 e. The van der Waals surface area contributed by atoms with E-state index in [1.807, 2.05) is 29.2 Å². The molecule has 0 radical (unpaired) electrons. The van der Waals surface area contributed by atoms with Crippen molar-refractivity contribution >= 4 is 28.4 Å². The number of hydrogen-bond donors (Lipinski definition) is 0. The van der Waals surface area contributed by atoms with Crippen molar-refractivity contribution < 1.29 is 4.79 Å². The quantitative estimate of drug-likeness (QED) is 0.641. The van der Waals surface area contributed by atoms with Crippen molar-refractivity contribution in [1.29, 1.82) is 0 Å². The van der Waals surface area contributed by atoms with Gasteiger partial charge in [-0.15, -0.1) is 0 Å². The summed E-state index contributed by atoms with van der Waals surface area (Å²) >= 11 is 5.93. The summed E-state index contributed by atoms with van der Waals surface area (Å²) in [6.45, 7) is 6.34. The lowest BCUT2D eigenvalue weighted by atomic mass is 10.1. The molecule has 1 fully saturated rings. The highest BCUT2D eigenvalue weighted by Gasteiger charge is 2.22. The van der Waals surface area contributed by atoms with Crippen molar-refractivity contribution in [2.24, 2.45) is 0 Å². The Kier molecular flexibility index (Phi) is 5.10. The molecule has 0 bridgehead atoms. The number of fused-ring (bicyclic) bond motifs is 1. The van der Waals surface area contributed by atoms with Gasteiger partial charge in [-0.2, -0.15) is 0 Å². The topological polar surface area (TPSA) is 36.4 Å². The number of pyridine rings is 1. The van der Waals surface area contributed by atoms with Gasteiger partial charge >= 0.3 is 0 Å². The van der Waals surface area contributed by atoms with Crippen LogP contribution in [0.1, 0.15) is 21.5 Å². The molecule has 0 unspecified atom stereocenters. The Bertz CT molecular complexity index is 980. The van der Waals surface area contributed by atoms with Gasteiger partial charge in [-0.3, -0.25) is 9.69 Å². The second kappa shape index (κ2) is 7.67. The van der Waals surface area contributed by atoms with Gasteiger partial charge in [0.05, 0.1) is 5.52 Å². The fraction of sp³-hybridized carbons (Fsp3) is 0.273. The Morgan fingerprint density at radius 3 is 2.63 bits per heavy atom. The third kappa shape index (κ3) is 4.12. The molecule has 2 heterocycles. The molecule has 0 saturated carbocycles. The molecular weight excluding hydrogens is 358 g/mol. The third-order valence-electron chi connectivity index (χ3n) is 5.05. The average Bonchev–Trinajstić information content (AvgIpc) is 2.68. The number of halogens is 1. The number of aryl methyl sites for hydroxylation is 1. The monoisotopic (exact) mass is 379 g/mol. The van der Waals surface area contributed by atoms with E-state index in [4.69, 9.17) is 11.6 Å². The van der Waals surface area contributed by atoms with Gasteiger partial charge in [0.2, 0.25) is 0 Å².